The Kier molecular flexibility index (Phi) is 8.94. The van der Waals surface area contributed by atoms with Gasteiger partial charge in [0.2, 0.25) is 11.8 Å². The van der Waals surface area contributed by atoms with E-state index in [0.717, 1.165) is 28.1 Å². The number of nitrogens with zero attached hydrogens (tertiary/aromatic N) is 3. The molecular formula is C32H36N4O3. The van der Waals surface area contributed by atoms with E-state index < -0.39 is 0 Å². The normalized spacial score (nSPS) is 11.3. The molecule has 0 unspecified atom stereocenters. The summed E-state index contributed by atoms with van der Waals surface area (Å²) in [6.45, 7) is 8.64. The van der Waals surface area contributed by atoms with Gasteiger partial charge >= 0.3 is 0 Å². The van der Waals surface area contributed by atoms with Gasteiger partial charge in [-0.15, -0.1) is 0 Å². The molecule has 0 aliphatic carbocycles. The lowest BCUT2D eigenvalue weighted by Gasteiger charge is -2.22. The highest BCUT2D eigenvalue weighted by Crippen LogP contribution is 2.26. The number of carbonyl (C=O) groups excluding carboxylic acids is 2. The molecule has 0 saturated carbocycles. The van der Waals surface area contributed by atoms with Crippen molar-refractivity contribution in [2.24, 2.45) is 0 Å². The van der Waals surface area contributed by atoms with Crippen molar-refractivity contribution in [2.75, 3.05) is 18.5 Å². The van der Waals surface area contributed by atoms with E-state index in [1.807, 2.05) is 97.9 Å². The fourth-order valence-electron chi connectivity index (χ4n) is 4.11. The van der Waals surface area contributed by atoms with Gasteiger partial charge in [-0.1, -0.05) is 93.6 Å². The summed E-state index contributed by atoms with van der Waals surface area (Å²) < 4.78 is 7.44. The highest BCUT2D eigenvalue weighted by atomic mass is 16.5. The summed E-state index contributed by atoms with van der Waals surface area (Å²) in [7, 11) is 0. The first-order chi connectivity index (χ1) is 18.7. The lowest BCUT2D eigenvalue weighted by molar-refractivity contribution is -0.139. The SMILES string of the molecule is Cc1cccc(-n2nc(C(C)(C)C)cc2NC(=O)CN(Cc2ccccc2)C(=O)COCc2ccccc2)c1. The summed E-state index contributed by atoms with van der Waals surface area (Å²) in [5, 5.41) is 7.80. The number of hydrogen-bond donors (Lipinski definition) is 1. The summed E-state index contributed by atoms with van der Waals surface area (Å²) in [5.41, 5.74) is 4.50. The molecule has 0 aliphatic heterocycles. The van der Waals surface area contributed by atoms with Crippen LogP contribution in [0.2, 0.25) is 0 Å². The van der Waals surface area contributed by atoms with E-state index in [-0.39, 0.29) is 30.4 Å². The van der Waals surface area contributed by atoms with E-state index in [2.05, 4.69) is 26.1 Å². The van der Waals surface area contributed by atoms with Crippen molar-refractivity contribution in [3.8, 4) is 5.69 Å². The minimum Gasteiger partial charge on any atom is -0.367 e. The minimum absolute atomic E-state index is 0.119. The molecule has 1 heterocycles. The van der Waals surface area contributed by atoms with Crippen molar-refractivity contribution in [1.29, 1.82) is 0 Å². The molecular weight excluding hydrogens is 488 g/mol. The van der Waals surface area contributed by atoms with Gasteiger partial charge in [0.25, 0.3) is 0 Å². The number of carbonyl (C=O) groups is 2. The second-order valence-electron chi connectivity index (χ2n) is 10.7. The predicted octanol–water partition coefficient (Wildman–Crippen LogP) is 5.66. The summed E-state index contributed by atoms with van der Waals surface area (Å²) in [4.78, 5) is 28.0. The van der Waals surface area contributed by atoms with Crippen LogP contribution in [-0.4, -0.2) is 39.6 Å². The van der Waals surface area contributed by atoms with Gasteiger partial charge in [0.15, 0.2) is 0 Å². The lowest BCUT2D eigenvalue weighted by atomic mass is 9.92. The van der Waals surface area contributed by atoms with E-state index in [1.165, 1.54) is 4.90 Å². The number of hydrogen-bond acceptors (Lipinski definition) is 4. The third-order valence-electron chi connectivity index (χ3n) is 6.23. The molecule has 202 valence electrons. The van der Waals surface area contributed by atoms with Crippen LogP contribution in [0.5, 0.6) is 0 Å². The van der Waals surface area contributed by atoms with Gasteiger partial charge in [-0.2, -0.15) is 5.10 Å². The van der Waals surface area contributed by atoms with Crippen molar-refractivity contribution in [3.63, 3.8) is 0 Å². The zero-order valence-electron chi connectivity index (χ0n) is 23.1. The van der Waals surface area contributed by atoms with Crippen molar-refractivity contribution >= 4 is 17.6 Å². The first-order valence-electron chi connectivity index (χ1n) is 13.1. The van der Waals surface area contributed by atoms with Crippen molar-refractivity contribution in [1.82, 2.24) is 14.7 Å². The van der Waals surface area contributed by atoms with Crippen molar-refractivity contribution in [3.05, 3.63) is 113 Å². The van der Waals surface area contributed by atoms with E-state index in [4.69, 9.17) is 9.84 Å². The van der Waals surface area contributed by atoms with Gasteiger partial charge < -0.3 is 15.0 Å². The molecule has 0 fully saturated rings. The lowest BCUT2D eigenvalue weighted by Crippen LogP contribution is -2.39. The number of anilines is 1. The first kappa shape index (κ1) is 27.8. The smallest absolute Gasteiger partial charge is 0.249 e. The highest BCUT2D eigenvalue weighted by Gasteiger charge is 2.23. The molecule has 0 saturated heterocycles. The third kappa shape index (κ3) is 7.88. The second-order valence-corrected chi connectivity index (χ2v) is 10.7. The molecule has 7 heteroatoms. The third-order valence-corrected chi connectivity index (χ3v) is 6.23. The Labute approximate surface area is 230 Å². The van der Waals surface area contributed by atoms with Gasteiger partial charge in [-0.25, -0.2) is 4.68 Å². The average Bonchev–Trinajstić information content (AvgIpc) is 3.34. The molecule has 4 aromatic rings. The van der Waals surface area contributed by atoms with Crippen LogP contribution in [0.15, 0.2) is 91.0 Å². The molecule has 39 heavy (non-hydrogen) atoms. The molecule has 0 bridgehead atoms. The molecule has 0 atom stereocenters. The van der Waals surface area contributed by atoms with Crippen LogP contribution < -0.4 is 5.32 Å². The van der Waals surface area contributed by atoms with E-state index in [9.17, 15) is 9.59 Å². The molecule has 0 spiro atoms. The number of ether oxygens (including phenoxy) is 1. The zero-order valence-corrected chi connectivity index (χ0v) is 23.1. The van der Waals surface area contributed by atoms with Gasteiger partial charge in [0, 0.05) is 18.0 Å². The Balaban J connectivity index is 1.51. The first-order valence-corrected chi connectivity index (χ1v) is 13.1. The number of amides is 2. The minimum atomic E-state index is -0.309. The van der Waals surface area contributed by atoms with Crippen molar-refractivity contribution in [2.45, 2.75) is 46.3 Å². The van der Waals surface area contributed by atoms with Gasteiger partial charge in [0.05, 0.1) is 18.0 Å². The maximum atomic E-state index is 13.3. The number of rotatable bonds is 10. The molecule has 4 rings (SSSR count). The number of benzene rings is 3. The van der Waals surface area contributed by atoms with E-state index in [1.54, 1.807) is 4.68 Å². The monoisotopic (exact) mass is 524 g/mol. The molecule has 7 nitrogen and oxygen atoms in total. The maximum Gasteiger partial charge on any atom is 0.249 e. The Bertz CT molecular complexity index is 1390. The van der Waals surface area contributed by atoms with Crippen LogP contribution in [0.3, 0.4) is 0 Å². The van der Waals surface area contributed by atoms with Gasteiger partial charge in [-0.3, -0.25) is 9.59 Å². The summed E-state index contributed by atoms with van der Waals surface area (Å²) in [5.74, 6) is -0.00734. The molecule has 2 amide bonds. The Morgan fingerprint density at radius 3 is 2.21 bits per heavy atom. The number of nitrogens with one attached hydrogen (secondary N) is 1. The Hall–Kier alpha value is -4.23. The second kappa shape index (κ2) is 12.5. The van der Waals surface area contributed by atoms with Gasteiger partial charge in [0.1, 0.15) is 19.0 Å². The van der Waals surface area contributed by atoms with Crippen LogP contribution in [-0.2, 0) is 32.9 Å². The predicted molar refractivity (Wildman–Crippen MR) is 154 cm³/mol. The maximum absolute atomic E-state index is 13.3. The van der Waals surface area contributed by atoms with Crippen LogP contribution in [0.4, 0.5) is 5.82 Å². The zero-order chi connectivity index (χ0) is 27.8. The largest absolute Gasteiger partial charge is 0.367 e. The fraction of sp³-hybridized carbons (Fsp3) is 0.281. The van der Waals surface area contributed by atoms with Crippen LogP contribution in [0, 0.1) is 6.92 Å². The number of aryl methyl sites for hydroxylation is 1. The van der Waals surface area contributed by atoms with Crippen LogP contribution in [0.25, 0.3) is 5.69 Å². The fourth-order valence-corrected chi connectivity index (χ4v) is 4.11. The molecule has 0 aliphatic rings. The van der Waals surface area contributed by atoms with E-state index in [0.29, 0.717) is 19.0 Å². The quantitative estimate of drug-likeness (QED) is 0.290. The number of aromatic nitrogens is 2. The average molecular weight is 525 g/mol. The van der Waals surface area contributed by atoms with Crippen LogP contribution in [0.1, 0.15) is 43.2 Å². The molecule has 1 N–H and O–H groups in total. The van der Waals surface area contributed by atoms with Crippen molar-refractivity contribution < 1.29 is 14.3 Å². The molecule has 0 radical (unpaired) electrons. The molecule has 1 aromatic heterocycles. The van der Waals surface area contributed by atoms with Crippen LogP contribution >= 0.6 is 0 Å². The summed E-state index contributed by atoms with van der Waals surface area (Å²) in [6, 6.07) is 29.2. The Morgan fingerprint density at radius 2 is 1.56 bits per heavy atom. The Morgan fingerprint density at radius 1 is 0.897 bits per heavy atom. The standard InChI is InChI=1S/C32H36N4O3/c1-24-12-11-17-27(18-24)36-29(19-28(34-36)32(2,3)4)33-30(37)21-35(20-25-13-7-5-8-14-25)31(38)23-39-22-26-15-9-6-10-16-26/h5-19H,20-23H2,1-4H3,(H,33,37). The summed E-state index contributed by atoms with van der Waals surface area (Å²) >= 11 is 0. The summed E-state index contributed by atoms with van der Waals surface area (Å²) in [6.07, 6.45) is 0. The highest BCUT2D eigenvalue weighted by molar-refractivity contribution is 5.94. The molecule has 3 aromatic carbocycles. The topological polar surface area (TPSA) is 76.5 Å². The van der Waals surface area contributed by atoms with Gasteiger partial charge in [-0.05, 0) is 35.7 Å². The van der Waals surface area contributed by atoms with E-state index >= 15 is 0 Å².